The number of hydrogen-bond donors (Lipinski definition) is 1. The number of fused-ring (bicyclic) bond motifs is 2. The monoisotopic (exact) mass is 386 g/mol. The maximum absolute atomic E-state index is 4.60. The summed E-state index contributed by atoms with van der Waals surface area (Å²) in [5.41, 5.74) is 3.36. The van der Waals surface area contributed by atoms with E-state index in [2.05, 4.69) is 87.7 Å². The molecule has 3 nitrogen and oxygen atoms in total. The Bertz CT molecular complexity index is 1150. The highest BCUT2D eigenvalue weighted by Crippen LogP contribution is 2.40. The normalized spacial score (nSPS) is 14.7. The molecule has 0 atom stereocenters. The number of benzene rings is 2. The summed E-state index contributed by atoms with van der Waals surface area (Å²) in [6.07, 6.45) is 10.3. The van der Waals surface area contributed by atoms with Crippen LogP contribution in [0.3, 0.4) is 0 Å². The minimum Gasteiger partial charge on any atom is -0.349 e. The molecule has 0 radical (unpaired) electrons. The first-order valence-electron chi connectivity index (χ1n) is 8.65. The van der Waals surface area contributed by atoms with Crippen LogP contribution >= 0.6 is 23.1 Å². The van der Waals surface area contributed by atoms with Crippen LogP contribution in [-0.4, -0.2) is 4.98 Å². The summed E-state index contributed by atoms with van der Waals surface area (Å²) in [7, 11) is 0. The number of anilines is 1. The summed E-state index contributed by atoms with van der Waals surface area (Å²) in [5, 5.41) is 5.73. The fourth-order valence-corrected chi connectivity index (χ4v) is 5.06. The lowest BCUT2D eigenvalue weighted by molar-refractivity contribution is -0.510. The maximum atomic E-state index is 4.60. The minimum atomic E-state index is 0.988. The van der Waals surface area contributed by atoms with Crippen LogP contribution in [0.15, 0.2) is 95.1 Å². The van der Waals surface area contributed by atoms with Gasteiger partial charge in [0, 0.05) is 16.5 Å². The molecule has 0 amide bonds. The van der Waals surface area contributed by atoms with E-state index >= 15 is 0 Å². The van der Waals surface area contributed by atoms with Crippen molar-refractivity contribution in [2.75, 3.05) is 5.32 Å². The topological polar surface area (TPSA) is 29.0 Å². The molecule has 0 saturated heterocycles. The Morgan fingerprint density at radius 1 is 0.963 bits per heavy atom. The van der Waals surface area contributed by atoms with Crippen molar-refractivity contribution >= 4 is 40.5 Å². The van der Waals surface area contributed by atoms with Gasteiger partial charge in [0.15, 0.2) is 5.01 Å². The first kappa shape index (κ1) is 16.3. The highest BCUT2D eigenvalue weighted by molar-refractivity contribution is 8.03. The molecule has 27 heavy (non-hydrogen) atoms. The van der Waals surface area contributed by atoms with Gasteiger partial charge >= 0.3 is 5.65 Å². The van der Waals surface area contributed by atoms with Gasteiger partial charge in [0.1, 0.15) is 17.3 Å². The molecule has 0 fully saturated rings. The van der Waals surface area contributed by atoms with Crippen molar-refractivity contribution in [2.24, 2.45) is 0 Å². The van der Waals surface area contributed by atoms with E-state index < -0.39 is 0 Å². The lowest BCUT2D eigenvalue weighted by atomic mass is 10.2. The van der Waals surface area contributed by atoms with Crippen molar-refractivity contribution in [2.45, 2.75) is 4.90 Å². The Morgan fingerprint density at radius 2 is 1.81 bits per heavy atom. The third kappa shape index (κ3) is 3.16. The van der Waals surface area contributed by atoms with E-state index in [4.69, 9.17) is 0 Å². The van der Waals surface area contributed by atoms with E-state index in [0.717, 1.165) is 15.7 Å². The van der Waals surface area contributed by atoms with Crippen molar-refractivity contribution in [3.05, 3.63) is 95.2 Å². The number of nitrogens with zero attached hydrogens (tertiary/aromatic N) is 2. The van der Waals surface area contributed by atoms with Crippen LogP contribution in [0.5, 0.6) is 0 Å². The van der Waals surface area contributed by atoms with Gasteiger partial charge in [-0.05, 0) is 29.3 Å². The lowest BCUT2D eigenvalue weighted by Crippen LogP contribution is -2.21. The van der Waals surface area contributed by atoms with Crippen LogP contribution in [-0.2, 0) is 0 Å². The lowest BCUT2D eigenvalue weighted by Gasteiger charge is -1.95. The number of allylic oxidation sites excluding steroid dienone is 2. The van der Waals surface area contributed by atoms with E-state index in [1.165, 1.54) is 21.0 Å². The highest BCUT2D eigenvalue weighted by atomic mass is 32.2. The average molecular weight is 387 g/mol. The van der Waals surface area contributed by atoms with Crippen LogP contribution < -0.4 is 9.72 Å². The van der Waals surface area contributed by atoms with E-state index in [0.29, 0.717) is 0 Å². The average Bonchev–Trinajstić information content (AvgIpc) is 3.30. The van der Waals surface area contributed by atoms with E-state index in [1.807, 2.05) is 18.3 Å². The molecule has 1 N–H and O–H groups in total. The molecule has 5 heteroatoms. The largest absolute Gasteiger partial charge is 0.349 e. The van der Waals surface area contributed by atoms with Gasteiger partial charge in [-0.25, -0.2) is 0 Å². The molecule has 2 aromatic carbocycles. The fraction of sp³-hybridized carbons (Fsp3) is 0. The molecule has 0 spiro atoms. The highest BCUT2D eigenvalue weighted by Gasteiger charge is 2.19. The number of hydrogen-bond acceptors (Lipinski definition) is 4. The van der Waals surface area contributed by atoms with E-state index in [1.54, 1.807) is 23.1 Å². The second-order valence-corrected chi connectivity index (χ2v) is 8.18. The van der Waals surface area contributed by atoms with Gasteiger partial charge in [-0.1, -0.05) is 71.6 Å². The molecule has 2 aromatic heterocycles. The zero-order chi connectivity index (χ0) is 18.1. The molecule has 130 valence electrons. The van der Waals surface area contributed by atoms with Gasteiger partial charge in [0.2, 0.25) is 0 Å². The van der Waals surface area contributed by atoms with Gasteiger partial charge in [-0.15, -0.1) is 0 Å². The second-order valence-electron chi connectivity index (χ2n) is 6.06. The number of para-hydroxylation sites is 1. The first-order valence-corrected chi connectivity index (χ1v) is 10.3. The molecule has 1 aliphatic rings. The van der Waals surface area contributed by atoms with Crippen molar-refractivity contribution in [3.63, 3.8) is 0 Å². The zero-order valence-electron chi connectivity index (χ0n) is 14.4. The van der Waals surface area contributed by atoms with Gasteiger partial charge in [-0.2, -0.15) is 4.40 Å². The van der Waals surface area contributed by atoms with Crippen LogP contribution in [0.2, 0.25) is 0 Å². The molecule has 5 rings (SSSR count). The Balaban J connectivity index is 1.48. The predicted octanol–water partition coefficient (Wildman–Crippen LogP) is 5.62. The third-order valence-electron chi connectivity index (χ3n) is 4.28. The van der Waals surface area contributed by atoms with Crippen molar-refractivity contribution < 1.29 is 4.40 Å². The number of thiazole rings is 1. The molecule has 1 aliphatic heterocycles. The number of nitrogens with one attached hydrogen (secondary N) is 1. The second kappa shape index (κ2) is 7.02. The molecule has 0 unspecified atom stereocenters. The fourth-order valence-electron chi connectivity index (χ4n) is 3.04. The Labute approximate surface area is 165 Å². The SMILES string of the molecule is C(=Cc1sc(-c2ccccc2)c2nccc[n+]12)C=C1Nc2ccccc2S1. The first-order chi connectivity index (χ1) is 13.4. The van der Waals surface area contributed by atoms with Gasteiger partial charge in [-0.3, -0.25) is 0 Å². The molecule has 0 aliphatic carbocycles. The summed E-state index contributed by atoms with van der Waals surface area (Å²) >= 11 is 3.51. The Morgan fingerprint density at radius 3 is 2.70 bits per heavy atom. The minimum absolute atomic E-state index is 0.988. The standard InChI is InChI=1S/C22H15N3S2/c1-2-8-16(9-3-1)21-22-23-14-7-15-25(22)20(27-21)13-6-12-19-24-17-10-4-5-11-18(17)26-19/h1-15H/p+1. The molecular formula is C22H16N3S2+. The van der Waals surface area contributed by atoms with Crippen LogP contribution in [0.1, 0.15) is 5.01 Å². The number of thioether (sulfide) groups is 1. The van der Waals surface area contributed by atoms with E-state index in [-0.39, 0.29) is 0 Å². The third-order valence-corrected chi connectivity index (χ3v) is 6.48. The van der Waals surface area contributed by atoms with Gasteiger partial charge in [0.25, 0.3) is 0 Å². The van der Waals surface area contributed by atoms with Crippen LogP contribution in [0, 0.1) is 0 Å². The van der Waals surface area contributed by atoms with Crippen molar-refractivity contribution in [1.29, 1.82) is 0 Å². The molecule has 4 aromatic rings. The maximum Gasteiger partial charge on any atom is 0.346 e. The molecule has 0 bridgehead atoms. The summed E-state index contributed by atoms with van der Waals surface area (Å²) in [5.74, 6) is 0. The zero-order valence-corrected chi connectivity index (χ0v) is 16.0. The van der Waals surface area contributed by atoms with Crippen LogP contribution in [0.25, 0.3) is 22.2 Å². The van der Waals surface area contributed by atoms with E-state index in [9.17, 15) is 0 Å². The number of aromatic nitrogens is 2. The van der Waals surface area contributed by atoms with Crippen LogP contribution in [0.4, 0.5) is 5.69 Å². The summed E-state index contributed by atoms with van der Waals surface area (Å²) in [6.45, 7) is 0. The quantitative estimate of drug-likeness (QED) is 0.463. The Hall–Kier alpha value is -2.89. The van der Waals surface area contributed by atoms with Crippen molar-refractivity contribution in [3.8, 4) is 10.4 Å². The van der Waals surface area contributed by atoms with Gasteiger partial charge in [0.05, 0.1) is 10.7 Å². The molecule has 0 saturated carbocycles. The van der Waals surface area contributed by atoms with Crippen molar-refractivity contribution in [1.82, 2.24) is 4.98 Å². The summed E-state index contributed by atoms with van der Waals surface area (Å²) < 4.78 is 2.14. The Kier molecular flexibility index (Phi) is 4.24. The van der Waals surface area contributed by atoms with Gasteiger partial charge < -0.3 is 5.32 Å². The molecular weight excluding hydrogens is 370 g/mol. The summed E-state index contributed by atoms with van der Waals surface area (Å²) in [6, 6.07) is 20.8. The smallest absolute Gasteiger partial charge is 0.346 e. The predicted molar refractivity (Wildman–Crippen MR) is 114 cm³/mol. The summed E-state index contributed by atoms with van der Waals surface area (Å²) in [4.78, 5) is 7.05. The number of rotatable bonds is 3. The molecule has 3 heterocycles.